The predicted molar refractivity (Wildman–Crippen MR) is 80.8 cm³/mol. The van der Waals surface area contributed by atoms with Crippen LogP contribution in [0.5, 0.6) is 0 Å². The van der Waals surface area contributed by atoms with Gasteiger partial charge in [-0.25, -0.2) is 0 Å². The number of benzene rings is 1. The molecule has 1 aromatic carbocycles. The molecule has 0 fully saturated rings. The number of aryl methyl sites for hydroxylation is 1. The molecule has 2 atom stereocenters. The van der Waals surface area contributed by atoms with Crippen molar-refractivity contribution in [1.82, 2.24) is 5.32 Å². The summed E-state index contributed by atoms with van der Waals surface area (Å²) in [6.07, 6.45) is 3.95. The second-order valence-electron chi connectivity index (χ2n) is 6.28. The fraction of sp³-hybridized carbons (Fsp3) is 0.588. The Morgan fingerprint density at radius 3 is 2.70 bits per heavy atom. The molecule has 0 spiro atoms. The molecule has 0 aliphatic heterocycles. The van der Waals surface area contributed by atoms with Gasteiger partial charge in [-0.1, -0.05) is 38.1 Å². The molecule has 1 aromatic rings. The van der Waals surface area contributed by atoms with Gasteiger partial charge in [-0.15, -0.1) is 0 Å². The van der Waals surface area contributed by atoms with E-state index in [0.29, 0.717) is 18.5 Å². The molecule has 0 bridgehead atoms. The SMILES string of the molecule is CC(C)CC(CNC1CCc2ccccc2C1)C(=O)O. The van der Waals surface area contributed by atoms with Crippen LogP contribution in [0.1, 0.15) is 37.8 Å². The molecule has 0 saturated heterocycles. The summed E-state index contributed by atoms with van der Waals surface area (Å²) in [7, 11) is 0. The van der Waals surface area contributed by atoms with E-state index in [0.717, 1.165) is 25.7 Å². The fourth-order valence-corrected chi connectivity index (χ4v) is 3.02. The molecule has 0 aromatic heterocycles. The summed E-state index contributed by atoms with van der Waals surface area (Å²) < 4.78 is 0. The van der Waals surface area contributed by atoms with Gasteiger partial charge in [0.2, 0.25) is 0 Å². The predicted octanol–water partition coefficient (Wildman–Crippen LogP) is 2.88. The van der Waals surface area contributed by atoms with Crippen LogP contribution in [0.4, 0.5) is 0 Å². The first-order valence-corrected chi connectivity index (χ1v) is 7.59. The maximum Gasteiger partial charge on any atom is 0.307 e. The topological polar surface area (TPSA) is 49.3 Å². The third kappa shape index (κ3) is 4.07. The Morgan fingerprint density at radius 1 is 1.35 bits per heavy atom. The molecule has 3 nitrogen and oxygen atoms in total. The van der Waals surface area contributed by atoms with E-state index in [-0.39, 0.29) is 5.92 Å². The number of nitrogens with one attached hydrogen (secondary N) is 1. The normalized spacial score (nSPS) is 19.6. The van der Waals surface area contributed by atoms with Crippen LogP contribution < -0.4 is 5.32 Å². The number of carbonyl (C=O) groups is 1. The zero-order valence-corrected chi connectivity index (χ0v) is 12.4. The highest BCUT2D eigenvalue weighted by Gasteiger charge is 2.22. The molecule has 1 aliphatic rings. The average molecular weight is 275 g/mol. The van der Waals surface area contributed by atoms with E-state index in [4.69, 9.17) is 0 Å². The number of carboxylic acid groups (broad SMARTS) is 1. The van der Waals surface area contributed by atoms with Gasteiger partial charge in [-0.3, -0.25) is 4.79 Å². The van der Waals surface area contributed by atoms with Crippen LogP contribution in [0.25, 0.3) is 0 Å². The smallest absolute Gasteiger partial charge is 0.307 e. The van der Waals surface area contributed by atoms with Crippen molar-refractivity contribution in [3.05, 3.63) is 35.4 Å². The van der Waals surface area contributed by atoms with E-state index in [9.17, 15) is 9.90 Å². The lowest BCUT2D eigenvalue weighted by Crippen LogP contribution is -2.39. The van der Waals surface area contributed by atoms with Crippen LogP contribution in [0, 0.1) is 11.8 Å². The third-order valence-electron chi connectivity index (χ3n) is 4.10. The highest BCUT2D eigenvalue weighted by atomic mass is 16.4. The van der Waals surface area contributed by atoms with Gasteiger partial charge in [-0.2, -0.15) is 0 Å². The molecule has 1 aliphatic carbocycles. The zero-order valence-electron chi connectivity index (χ0n) is 12.4. The molecule has 0 heterocycles. The second-order valence-corrected chi connectivity index (χ2v) is 6.28. The maximum atomic E-state index is 11.3. The van der Waals surface area contributed by atoms with E-state index >= 15 is 0 Å². The van der Waals surface area contributed by atoms with Gasteiger partial charge in [0.25, 0.3) is 0 Å². The van der Waals surface area contributed by atoms with Crippen molar-refractivity contribution in [3.63, 3.8) is 0 Å². The quantitative estimate of drug-likeness (QED) is 0.839. The standard InChI is InChI=1S/C17H25NO2/c1-12(2)9-15(17(19)20)11-18-16-8-7-13-5-3-4-6-14(13)10-16/h3-6,12,15-16,18H,7-11H2,1-2H3,(H,19,20). The molecule has 2 unspecified atom stereocenters. The van der Waals surface area contributed by atoms with Crippen LogP contribution in [0.15, 0.2) is 24.3 Å². The van der Waals surface area contributed by atoms with Crippen molar-refractivity contribution in [1.29, 1.82) is 0 Å². The number of fused-ring (bicyclic) bond motifs is 1. The number of hydrogen-bond acceptors (Lipinski definition) is 2. The Kier molecular flexibility index (Phi) is 5.18. The molecule has 0 radical (unpaired) electrons. The van der Waals surface area contributed by atoms with Gasteiger partial charge >= 0.3 is 5.97 Å². The summed E-state index contributed by atoms with van der Waals surface area (Å²) in [5.41, 5.74) is 2.86. The highest BCUT2D eigenvalue weighted by molar-refractivity contribution is 5.70. The summed E-state index contributed by atoms with van der Waals surface area (Å²) in [6.45, 7) is 4.74. The van der Waals surface area contributed by atoms with E-state index in [1.54, 1.807) is 0 Å². The van der Waals surface area contributed by atoms with Crippen molar-refractivity contribution in [2.75, 3.05) is 6.54 Å². The Balaban J connectivity index is 1.87. The number of hydrogen-bond donors (Lipinski definition) is 2. The van der Waals surface area contributed by atoms with Crippen LogP contribution in [0.2, 0.25) is 0 Å². The first-order chi connectivity index (χ1) is 9.56. The lowest BCUT2D eigenvalue weighted by Gasteiger charge is -2.27. The summed E-state index contributed by atoms with van der Waals surface area (Å²) in [6, 6.07) is 8.98. The van der Waals surface area contributed by atoms with Gasteiger partial charge in [0.05, 0.1) is 5.92 Å². The first-order valence-electron chi connectivity index (χ1n) is 7.59. The van der Waals surface area contributed by atoms with Crippen LogP contribution in [-0.4, -0.2) is 23.7 Å². The van der Waals surface area contributed by atoms with Gasteiger partial charge < -0.3 is 10.4 Å². The molecule has 2 N–H and O–H groups in total. The molecule has 3 heteroatoms. The minimum Gasteiger partial charge on any atom is -0.481 e. The van der Waals surface area contributed by atoms with Crippen LogP contribution in [0.3, 0.4) is 0 Å². The second kappa shape index (κ2) is 6.89. The van der Waals surface area contributed by atoms with Crippen LogP contribution >= 0.6 is 0 Å². The lowest BCUT2D eigenvalue weighted by atomic mass is 9.88. The van der Waals surface area contributed by atoms with Crippen molar-refractivity contribution in [3.8, 4) is 0 Å². The third-order valence-corrected chi connectivity index (χ3v) is 4.10. The van der Waals surface area contributed by atoms with Crippen molar-refractivity contribution >= 4 is 5.97 Å². The Hall–Kier alpha value is -1.35. The van der Waals surface area contributed by atoms with Gasteiger partial charge in [0.15, 0.2) is 0 Å². The minimum atomic E-state index is -0.678. The average Bonchev–Trinajstić information content (AvgIpc) is 2.42. The lowest BCUT2D eigenvalue weighted by molar-refractivity contribution is -0.142. The summed E-state index contributed by atoms with van der Waals surface area (Å²) in [5, 5.41) is 12.7. The molecule has 0 saturated carbocycles. The monoisotopic (exact) mass is 275 g/mol. The summed E-state index contributed by atoms with van der Waals surface area (Å²) in [4.78, 5) is 11.3. The largest absolute Gasteiger partial charge is 0.481 e. The Labute approximate surface area is 121 Å². The number of aliphatic carboxylic acids is 1. The van der Waals surface area contributed by atoms with Gasteiger partial charge in [0, 0.05) is 12.6 Å². The molecule has 2 rings (SSSR count). The Bertz CT molecular complexity index is 456. The fourth-order valence-electron chi connectivity index (χ4n) is 3.02. The first kappa shape index (κ1) is 15.0. The van der Waals surface area contributed by atoms with Crippen molar-refractivity contribution < 1.29 is 9.90 Å². The zero-order chi connectivity index (χ0) is 14.5. The number of rotatable bonds is 6. The summed E-state index contributed by atoms with van der Waals surface area (Å²) in [5.74, 6) is -0.528. The molecular weight excluding hydrogens is 250 g/mol. The van der Waals surface area contributed by atoms with Crippen molar-refractivity contribution in [2.24, 2.45) is 11.8 Å². The van der Waals surface area contributed by atoms with Gasteiger partial charge in [0.1, 0.15) is 0 Å². The Morgan fingerprint density at radius 2 is 2.05 bits per heavy atom. The molecule has 20 heavy (non-hydrogen) atoms. The molecule has 110 valence electrons. The van der Waals surface area contributed by atoms with E-state index in [1.807, 2.05) is 0 Å². The minimum absolute atomic E-state index is 0.271. The maximum absolute atomic E-state index is 11.3. The van der Waals surface area contributed by atoms with E-state index in [1.165, 1.54) is 11.1 Å². The van der Waals surface area contributed by atoms with Gasteiger partial charge in [-0.05, 0) is 42.7 Å². The van der Waals surface area contributed by atoms with E-state index < -0.39 is 5.97 Å². The highest BCUT2D eigenvalue weighted by Crippen LogP contribution is 2.21. The van der Waals surface area contributed by atoms with E-state index in [2.05, 4.69) is 43.4 Å². The summed E-state index contributed by atoms with van der Waals surface area (Å²) >= 11 is 0. The number of carboxylic acids is 1. The van der Waals surface area contributed by atoms with Crippen LogP contribution in [-0.2, 0) is 17.6 Å². The molecule has 0 amide bonds. The van der Waals surface area contributed by atoms with Crippen molar-refractivity contribution in [2.45, 2.75) is 45.6 Å². The molecular formula is C17H25NO2.